The Bertz CT molecular complexity index is 361. The second-order valence-electron chi connectivity index (χ2n) is 4.90. The molecule has 0 amide bonds. The van der Waals surface area contributed by atoms with Crippen molar-refractivity contribution >= 4 is 23.5 Å². The first kappa shape index (κ1) is 15.3. The third-order valence-corrected chi connectivity index (χ3v) is 6.20. The summed E-state index contributed by atoms with van der Waals surface area (Å²) >= 11 is 4.21. The van der Waals surface area contributed by atoms with Gasteiger partial charge in [0.05, 0.1) is 11.7 Å². The summed E-state index contributed by atoms with van der Waals surface area (Å²) < 4.78 is 2.19. The Morgan fingerprint density at radius 2 is 2.32 bits per heavy atom. The van der Waals surface area contributed by atoms with Crippen molar-refractivity contribution in [3.63, 3.8) is 0 Å². The molecule has 2 unspecified atom stereocenters. The lowest BCUT2D eigenvalue weighted by Gasteiger charge is -2.30. The number of nitrogens with zero attached hydrogens (tertiary/aromatic N) is 2. The van der Waals surface area contributed by atoms with Crippen molar-refractivity contribution in [2.45, 2.75) is 44.5 Å². The molecule has 2 heterocycles. The molecule has 2 rings (SSSR count). The van der Waals surface area contributed by atoms with Crippen molar-refractivity contribution in [2.24, 2.45) is 0 Å². The molecule has 1 aromatic heterocycles. The van der Waals surface area contributed by atoms with Gasteiger partial charge in [-0.05, 0) is 25.5 Å². The van der Waals surface area contributed by atoms with Crippen LogP contribution >= 0.6 is 23.5 Å². The fourth-order valence-corrected chi connectivity index (χ4v) is 5.28. The molecule has 0 bridgehead atoms. The average molecular weight is 300 g/mol. The van der Waals surface area contributed by atoms with Crippen LogP contribution in [0.25, 0.3) is 0 Å². The van der Waals surface area contributed by atoms with Crippen LogP contribution in [0.5, 0.6) is 0 Å². The summed E-state index contributed by atoms with van der Waals surface area (Å²) in [6, 6.07) is 2.65. The molecule has 0 saturated carbocycles. The maximum atomic E-state index is 4.49. The van der Waals surface area contributed by atoms with Crippen molar-refractivity contribution in [3.05, 3.63) is 18.0 Å². The third kappa shape index (κ3) is 4.17. The van der Waals surface area contributed by atoms with Crippen LogP contribution in [0, 0.1) is 0 Å². The van der Waals surface area contributed by atoms with Gasteiger partial charge in [-0.1, -0.05) is 13.8 Å². The summed E-state index contributed by atoms with van der Waals surface area (Å²) in [6.45, 7) is 6.56. The highest BCUT2D eigenvalue weighted by atomic mass is 32.2. The van der Waals surface area contributed by atoms with Gasteiger partial charge in [-0.3, -0.25) is 4.68 Å². The van der Waals surface area contributed by atoms with E-state index < -0.39 is 0 Å². The van der Waals surface area contributed by atoms with E-state index in [1.54, 1.807) is 0 Å². The lowest BCUT2D eigenvalue weighted by atomic mass is 10.1. The molecule has 5 heteroatoms. The normalized spacial score (nSPS) is 21.5. The lowest BCUT2D eigenvalue weighted by molar-refractivity contribution is 0.469. The van der Waals surface area contributed by atoms with Crippen molar-refractivity contribution in [2.75, 3.05) is 23.8 Å². The zero-order chi connectivity index (χ0) is 13.5. The van der Waals surface area contributed by atoms with E-state index in [-0.39, 0.29) is 0 Å². The minimum Gasteiger partial charge on any atom is -0.308 e. The number of rotatable bonds is 7. The highest BCUT2D eigenvalue weighted by Gasteiger charge is 2.27. The molecule has 1 N–H and O–H groups in total. The molecular weight excluding hydrogens is 274 g/mol. The first-order valence-corrected chi connectivity index (χ1v) is 9.51. The molecule has 108 valence electrons. The highest BCUT2D eigenvalue weighted by molar-refractivity contribution is 8.06. The van der Waals surface area contributed by atoms with Gasteiger partial charge >= 0.3 is 0 Å². The minimum absolute atomic E-state index is 0.451. The quantitative estimate of drug-likeness (QED) is 0.837. The van der Waals surface area contributed by atoms with E-state index in [0.29, 0.717) is 11.3 Å². The predicted octanol–water partition coefficient (Wildman–Crippen LogP) is 3.18. The second kappa shape index (κ2) is 8.22. The van der Waals surface area contributed by atoms with E-state index in [2.05, 4.69) is 58.5 Å². The van der Waals surface area contributed by atoms with Gasteiger partial charge in [0.25, 0.3) is 0 Å². The fraction of sp³-hybridized carbons (Fsp3) is 0.786. The van der Waals surface area contributed by atoms with Gasteiger partial charge in [-0.2, -0.15) is 28.6 Å². The van der Waals surface area contributed by atoms with Crippen molar-refractivity contribution in [1.29, 1.82) is 0 Å². The van der Waals surface area contributed by atoms with Crippen LogP contribution in [-0.2, 0) is 6.54 Å². The summed E-state index contributed by atoms with van der Waals surface area (Å²) in [7, 11) is 0. The van der Waals surface area contributed by atoms with Crippen LogP contribution in [0.2, 0.25) is 0 Å². The average Bonchev–Trinajstić information content (AvgIpc) is 2.89. The van der Waals surface area contributed by atoms with Gasteiger partial charge < -0.3 is 5.32 Å². The maximum Gasteiger partial charge on any atom is 0.0620 e. The molecule has 1 aliphatic rings. The maximum absolute atomic E-state index is 4.49. The van der Waals surface area contributed by atoms with Gasteiger partial charge in [-0.15, -0.1) is 0 Å². The molecule has 0 radical (unpaired) electrons. The third-order valence-electron chi connectivity index (χ3n) is 3.33. The van der Waals surface area contributed by atoms with Crippen LogP contribution < -0.4 is 5.32 Å². The number of aromatic nitrogens is 2. The molecule has 0 aromatic carbocycles. The zero-order valence-corrected chi connectivity index (χ0v) is 13.6. The van der Waals surface area contributed by atoms with E-state index in [0.717, 1.165) is 19.5 Å². The second-order valence-corrected chi connectivity index (χ2v) is 7.39. The lowest BCUT2D eigenvalue weighted by Crippen LogP contribution is -2.35. The first-order valence-electron chi connectivity index (χ1n) is 7.31. The fourth-order valence-electron chi connectivity index (χ4n) is 2.43. The van der Waals surface area contributed by atoms with E-state index in [1.807, 2.05) is 6.20 Å². The molecule has 3 nitrogen and oxygen atoms in total. The molecule has 1 aromatic rings. The van der Waals surface area contributed by atoms with Crippen LogP contribution in [0.3, 0.4) is 0 Å². The monoisotopic (exact) mass is 299 g/mol. The van der Waals surface area contributed by atoms with Crippen LogP contribution in [0.4, 0.5) is 0 Å². The Morgan fingerprint density at radius 3 is 3.00 bits per heavy atom. The van der Waals surface area contributed by atoms with Gasteiger partial charge in [0.15, 0.2) is 0 Å². The van der Waals surface area contributed by atoms with E-state index in [9.17, 15) is 0 Å². The van der Waals surface area contributed by atoms with Crippen molar-refractivity contribution in [1.82, 2.24) is 15.1 Å². The number of hydrogen-bond acceptors (Lipinski definition) is 4. The van der Waals surface area contributed by atoms with Crippen molar-refractivity contribution in [3.8, 4) is 0 Å². The molecular formula is C14H25N3S2. The van der Waals surface area contributed by atoms with E-state index >= 15 is 0 Å². The Kier molecular flexibility index (Phi) is 6.61. The molecule has 0 spiro atoms. The molecule has 1 fully saturated rings. The summed E-state index contributed by atoms with van der Waals surface area (Å²) in [5.74, 6) is 3.83. The summed E-state index contributed by atoms with van der Waals surface area (Å²) in [4.78, 5) is 0. The zero-order valence-electron chi connectivity index (χ0n) is 12.0. The van der Waals surface area contributed by atoms with Crippen LogP contribution in [0.15, 0.2) is 12.3 Å². The number of hydrogen-bond donors (Lipinski definition) is 1. The molecule has 2 atom stereocenters. The number of aryl methyl sites for hydroxylation is 1. The standard InChI is InChI=1S/C14H25N3S2/c1-3-6-15-14(13-11-18-9-10-19-13)12-5-7-16-17(12)8-4-2/h5,7,13-15H,3-4,6,8-11H2,1-2H3. The molecule has 1 saturated heterocycles. The Morgan fingerprint density at radius 1 is 1.42 bits per heavy atom. The van der Waals surface area contributed by atoms with Gasteiger partial charge in [0.2, 0.25) is 0 Å². The van der Waals surface area contributed by atoms with Crippen LogP contribution in [0.1, 0.15) is 38.4 Å². The largest absolute Gasteiger partial charge is 0.308 e. The SMILES string of the molecule is CCCNC(c1ccnn1CCC)C1CSCCS1. The smallest absolute Gasteiger partial charge is 0.0620 e. The van der Waals surface area contributed by atoms with Gasteiger partial charge in [0, 0.05) is 35.3 Å². The Balaban J connectivity index is 2.12. The highest BCUT2D eigenvalue weighted by Crippen LogP contribution is 2.33. The molecule has 0 aliphatic carbocycles. The van der Waals surface area contributed by atoms with E-state index in [1.165, 1.54) is 29.4 Å². The molecule has 1 aliphatic heterocycles. The predicted molar refractivity (Wildman–Crippen MR) is 87.1 cm³/mol. The number of nitrogens with one attached hydrogen (secondary N) is 1. The molecule has 19 heavy (non-hydrogen) atoms. The topological polar surface area (TPSA) is 29.9 Å². The van der Waals surface area contributed by atoms with Gasteiger partial charge in [-0.25, -0.2) is 0 Å². The summed E-state index contributed by atoms with van der Waals surface area (Å²) in [5, 5.41) is 8.91. The van der Waals surface area contributed by atoms with Gasteiger partial charge in [0.1, 0.15) is 0 Å². The van der Waals surface area contributed by atoms with E-state index in [4.69, 9.17) is 0 Å². The minimum atomic E-state index is 0.451. The summed E-state index contributed by atoms with van der Waals surface area (Å²) in [6.07, 6.45) is 4.27. The Labute approximate surface area is 125 Å². The first-order chi connectivity index (χ1) is 9.36. The Hall–Kier alpha value is -0.130. The number of thioether (sulfide) groups is 2. The summed E-state index contributed by atoms with van der Waals surface area (Å²) in [5.41, 5.74) is 1.37. The van der Waals surface area contributed by atoms with Crippen LogP contribution in [-0.4, -0.2) is 38.8 Å². The van der Waals surface area contributed by atoms with Crippen molar-refractivity contribution < 1.29 is 0 Å².